The minimum absolute atomic E-state index is 0.238. The van der Waals surface area contributed by atoms with Gasteiger partial charge in [0.05, 0.1) is 0 Å². The molecule has 8 nitrogen and oxygen atoms in total. The molecule has 0 aromatic carbocycles. The van der Waals surface area contributed by atoms with Crippen LogP contribution >= 0.6 is 24.4 Å². The molecule has 0 amide bonds. The second-order valence-corrected chi connectivity index (χ2v) is 2.94. The molecule has 0 unspecified atom stereocenters. The number of hydrogen-bond acceptors (Lipinski definition) is 6. The van der Waals surface area contributed by atoms with Gasteiger partial charge in [0.25, 0.3) is 0 Å². The molecule has 15 heavy (non-hydrogen) atoms. The quantitative estimate of drug-likeness (QED) is 0.248. The lowest BCUT2D eigenvalue weighted by Gasteiger charge is -2.05. The number of carbonyl (C=O) groups excluding carboxylic acids is 2. The van der Waals surface area contributed by atoms with Crippen LogP contribution in [0, 0.1) is 0 Å². The van der Waals surface area contributed by atoms with E-state index in [9.17, 15) is 9.59 Å². The number of thiocarbonyl (C=S) groups is 2. The van der Waals surface area contributed by atoms with Gasteiger partial charge in [-0.15, -0.1) is 0 Å². The zero-order valence-electron chi connectivity index (χ0n) is 7.31. The van der Waals surface area contributed by atoms with Crippen molar-refractivity contribution in [1.82, 2.24) is 11.0 Å². The molecule has 0 saturated carbocycles. The average Bonchev–Trinajstić information content (AvgIpc) is 2.11. The largest absolute Gasteiger partial charge is 0.374 e. The van der Waals surface area contributed by atoms with Gasteiger partial charge in [-0.3, -0.25) is 0 Å². The summed E-state index contributed by atoms with van der Waals surface area (Å²) in [5, 5.41) is -0.476. The summed E-state index contributed by atoms with van der Waals surface area (Å²) in [5.74, 6) is -1.84. The fraction of sp³-hybridized carbons (Fsp3) is 0.200. The van der Waals surface area contributed by atoms with Gasteiger partial charge in [-0.05, 0) is 24.4 Å². The molecule has 0 atom stereocenters. The lowest BCUT2D eigenvalue weighted by atomic mass is 10.4. The highest BCUT2D eigenvalue weighted by atomic mass is 32.1. The first-order chi connectivity index (χ1) is 6.91. The van der Waals surface area contributed by atoms with Gasteiger partial charge in [-0.2, -0.15) is 11.0 Å². The number of rotatable bonds is 2. The van der Waals surface area contributed by atoms with Crippen LogP contribution in [-0.2, 0) is 19.3 Å². The average molecular weight is 252 g/mol. The standard InChI is InChI=1S/C5H8N4O4S2/c6-4(14)8-12-2(10)1-3(11)13-9-5(7)15/h1H2,(H3,6,8,14)(H3,7,9,15). The van der Waals surface area contributed by atoms with E-state index in [1.165, 1.54) is 0 Å². The third-order valence-electron chi connectivity index (χ3n) is 0.820. The Labute approximate surface area is 95.2 Å². The summed E-state index contributed by atoms with van der Waals surface area (Å²) in [4.78, 5) is 30.1. The third-order valence-corrected chi connectivity index (χ3v) is 0.986. The first kappa shape index (κ1) is 13.3. The maximum absolute atomic E-state index is 10.8. The van der Waals surface area contributed by atoms with E-state index in [1.54, 1.807) is 0 Å². The van der Waals surface area contributed by atoms with Crippen LogP contribution in [0.2, 0.25) is 0 Å². The van der Waals surface area contributed by atoms with Gasteiger partial charge in [0.15, 0.2) is 10.2 Å². The smallest absolute Gasteiger partial charge is 0.343 e. The predicted octanol–water partition coefficient (Wildman–Crippen LogP) is -2.04. The van der Waals surface area contributed by atoms with Gasteiger partial charge in [-0.25, -0.2) is 9.59 Å². The van der Waals surface area contributed by atoms with E-state index >= 15 is 0 Å². The molecule has 0 heterocycles. The number of hydrogen-bond donors (Lipinski definition) is 4. The Morgan fingerprint density at radius 1 is 1.00 bits per heavy atom. The summed E-state index contributed by atoms with van der Waals surface area (Å²) in [5.41, 5.74) is 13.7. The fourth-order valence-corrected chi connectivity index (χ4v) is 0.488. The second-order valence-electron chi connectivity index (χ2n) is 2.06. The Balaban J connectivity index is 3.71. The number of carbonyl (C=O) groups is 2. The van der Waals surface area contributed by atoms with Gasteiger partial charge in [0, 0.05) is 0 Å². The molecular weight excluding hydrogens is 244 g/mol. The summed E-state index contributed by atoms with van der Waals surface area (Å²) in [6.07, 6.45) is -0.648. The first-order valence-corrected chi connectivity index (χ1v) is 4.23. The van der Waals surface area contributed by atoms with Crippen LogP contribution in [0.5, 0.6) is 0 Å². The van der Waals surface area contributed by atoms with Gasteiger partial charge in [0.1, 0.15) is 6.42 Å². The Hall–Kier alpha value is -1.68. The van der Waals surface area contributed by atoms with E-state index < -0.39 is 18.4 Å². The molecule has 0 radical (unpaired) electrons. The first-order valence-electron chi connectivity index (χ1n) is 3.42. The molecule has 0 fully saturated rings. The predicted molar refractivity (Wildman–Crippen MR) is 56.6 cm³/mol. The van der Waals surface area contributed by atoms with E-state index in [0.717, 1.165) is 0 Å². The van der Waals surface area contributed by atoms with Crippen molar-refractivity contribution in [2.24, 2.45) is 11.5 Å². The molecule has 0 aliphatic rings. The van der Waals surface area contributed by atoms with Crippen LogP contribution < -0.4 is 22.4 Å². The highest BCUT2D eigenvalue weighted by Crippen LogP contribution is 1.87. The Morgan fingerprint density at radius 2 is 1.33 bits per heavy atom. The molecule has 0 aromatic heterocycles. The zero-order chi connectivity index (χ0) is 11.8. The molecule has 0 aliphatic heterocycles. The number of nitrogens with one attached hydrogen (secondary N) is 2. The molecule has 84 valence electrons. The highest BCUT2D eigenvalue weighted by molar-refractivity contribution is 7.80. The molecular formula is C5H8N4O4S2. The number of hydroxylamine groups is 2. The summed E-state index contributed by atoms with van der Waals surface area (Å²) in [6, 6.07) is 0. The van der Waals surface area contributed by atoms with Crippen molar-refractivity contribution < 1.29 is 19.3 Å². The highest BCUT2D eigenvalue weighted by Gasteiger charge is 2.13. The van der Waals surface area contributed by atoms with Gasteiger partial charge < -0.3 is 21.1 Å². The topological polar surface area (TPSA) is 129 Å². The van der Waals surface area contributed by atoms with E-state index in [0.29, 0.717) is 0 Å². The summed E-state index contributed by atoms with van der Waals surface area (Å²) >= 11 is 8.68. The molecule has 0 aromatic rings. The van der Waals surface area contributed by atoms with Crippen molar-refractivity contribution in [3.05, 3.63) is 0 Å². The third kappa shape index (κ3) is 8.64. The van der Waals surface area contributed by atoms with Crippen LogP contribution in [0.25, 0.3) is 0 Å². The van der Waals surface area contributed by atoms with Crippen LogP contribution in [-0.4, -0.2) is 22.2 Å². The number of nitrogens with two attached hydrogens (primary N) is 2. The van der Waals surface area contributed by atoms with E-state index in [1.807, 2.05) is 11.0 Å². The molecule has 0 saturated heterocycles. The molecule has 10 heteroatoms. The van der Waals surface area contributed by atoms with Gasteiger partial charge >= 0.3 is 11.9 Å². The monoisotopic (exact) mass is 252 g/mol. The van der Waals surface area contributed by atoms with Gasteiger partial charge in [0.2, 0.25) is 0 Å². The van der Waals surface area contributed by atoms with Crippen molar-refractivity contribution in [1.29, 1.82) is 0 Å². The SMILES string of the molecule is NC(=S)NOC(=O)CC(=O)ONC(N)=S. The minimum atomic E-state index is -0.919. The van der Waals surface area contributed by atoms with Crippen molar-refractivity contribution in [2.75, 3.05) is 0 Å². The summed E-state index contributed by atoms with van der Waals surface area (Å²) in [6.45, 7) is 0. The van der Waals surface area contributed by atoms with Crippen molar-refractivity contribution in [2.45, 2.75) is 6.42 Å². The molecule has 0 spiro atoms. The van der Waals surface area contributed by atoms with Crippen LogP contribution in [0.1, 0.15) is 6.42 Å². The Bertz CT molecular complexity index is 267. The summed E-state index contributed by atoms with van der Waals surface area (Å²) in [7, 11) is 0. The Morgan fingerprint density at radius 3 is 1.60 bits per heavy atom. The van der Waals surface area contributed by atoms with Crippen molar-refractivity contribution >= 4 is 46.6 Å². The van der Waals surface area contributed by atoms with Crippen LogP contribution in [0.4, 0.5) is 0 Å². The molecule has 6 N–H and O–H groups in total. The lowest BCUT2D eigenvalue weighted by Crippen LogP contribution is -2.34. The minimum Gasteiger partial charge on any atom is -0.374 e. The van der Waals surface area contributed by atoms with E-state index in [-0.39, 0.29) is 10.2 Å². The van der Waals surface area contributed by atoms with Gasteiger partial charge in [-0.1, -0.05) is 0 Å². The van der Waals surface area contributed by atoms with E-state index in [4.69, 9.17) is 11.5 Å². The lowest BCUT2D eigenvalue weighted by molar-refractivity contribution is -0.159. The van der Waals surface area contributed by atoms with Crippen LogP contribution in [0.3, 0.4) is 0 Å². The normalized spacial score (nSPS) is 8.53. The molecule has 0 bridgehead atoms. The Kier molecular flexibility index (Phi) is 5.97. The maximum Gasteiger partial charge on any atom is 0.343 e. The maximum atomic E-state index is 10.8. The summed E-state index contributed by atoms with van der Waals surface area (Å²) < 4.78 is 0. The van der Waals surface area contributed by atoms with Crippen molar-refractivity contribution in [3.8, 4) is 0 Å². The molecule has 0 aliphatic carbocycles. The molecule has 0 rings (SSSR count). The fourth-order valence-electron chi connectivity index (χ4n) is 0.404. The van der Waals surface area contributed by atoms with Crippen LogP contribution in [0.15, 0.2) is 0 Å². The van der Waals surface area contributed by atoms with E-state index in [2.05, 4.69) is 34.1 Å². The zero-order valence-corrected chi connectivity index (χ0v) is 8.94. The second kappa shape index (κ2) is 6.73. The van der Waals surface area contributed by atoms with Crippen molar-refractivity contribution in [3.63, 3.8) is 0 Å².